The first kappa shape index (κ1) is 27.9. The van der Waals surface area contributed by atoms with Crippen molar-refractivity contribution in [2.75, 3.05) is 36.5 Å². The van der Waals surface area contributed by atoms with E-state index in [0.29, 0.717) is 5.41 Å². The van der Waals surface area contributed by atoms with Gasteiger partial charge in [-0.15, -0.1) is 0 Å². The second-order valence-corrected chi connectivity index (χ2v) is 12.4. The number of nitrogens with zero attached hydrogens (tertiary/aromatic N) is 5. The van der Waals surface area contributed by atoms with Crippen LogP contribution in [0.1, 0.15) is 54.8 Å². The van der Waals surface area contributed by atoms with Crippen molar-refractivity contribution in [1.82, 2.24) is 15.0 Å². The van der Waals surface area contributed by atoms with Gasteiger partial charge in [-0.2, -0.15) is 0 Å². The van der Waals surface area contributed by atoms with Crippen LogP contribution in [0.4, 0.5) is 11.5 Å². The predicted octanol–water partition coefficient (Wildman–Crippen LogP) is 6.13. The van der Waals surface area contributed by atoms with Gasteiger partial charge in [0.25, 0.3) is 0 Å². The zero-order valence-corrected chi connectivity index (χ0v) is 25.2. The van der Waals surface area contributed by atoms with Gasteiger partial charge < -0.3 is 19.6 Å². The Morgan fingerprint density at radius 3 is 2.50 bits per heavy atom. The summed E-state index contributed by atoms with van der Waals surface area (Å²) in [5.41, 5.74) is 9.57. The van der Waals surface area contributed by atoms with Crippen molar-refractivity contribution in [2.45, 2.75) is 59.9 Å². The monoisotopic (exact) mass is 565 g/mol. The molecule has 42 heavy (non-hydrogen) atoms. The third-order valence-electron chi connectivity index (χ3n) is 9.05. The minimum atomic E-state index is -0.825. The van der Waals surface area contributed by atoms with E-state index in [1.165, 1.54) is 11.1 Å². The number of methoxy groups -OCH3 is 1. The second kappa shape index (κ2) is 10.9. The maximum atomic E-state index is 12.0. The minimum absolute atomic E-state index is 0.0289. The third kappa shape index (κ3) is 5.26. The number of hydrogen-bond acceptors (Lipinski definition) is 7. The van der Waals surface area contributed by atoms with Gasteiger partial charge in [-0.25, -0.2) is 9.97 Å². The van der Waals surface area contributed by atoms with Crippen LogP contribution in [-0.4, -0.2) is 52.8 Å². The van der Waals surface area contributed by atoms with E-state index < -0.39 is 5.97 Å². The number of carboxylic acids is 1. The number of aromatic nitrogens is 3. The number of carboxylic acid groups (broad SMARTS) is 1. The number of piperidine rings is 1. The summed E-state index contributed by atoms with van der Waals surface area (Å²) >= 11 is 0. The molecule has 1 fully saturated rings. The Bertz CT molecular complexity index is 1670. The molecule has 0 unspecified atom stereocenters. The second-order valence-electron chi connectivity index (χ2n) is 12.4. The van der Waals surface area contributed by atoms with Crippen molar-refractivity contribution >= 4 is 28.4 Å². The van der Waals surface area contributed by atoms with Crippen molar-refractivity contribution in [1.29, 1.82) is 0 Å². The maximum absolute atomic E-state index is 12.0. The smallest absolute Gasteiger partial charge is 0.307 e. The van der Waals surface area contributed by atoms with E-state index in [4.69, 9.17) is 9.72 Å². The van der Waals surface area contributed by atoms with Crippen LogP contribution in [0.15, 0.2) is 42.7 Å². The first-order chi connectivity index (χ1) is 20.1. The van der Waals surface area contributed by atoms with E-state index in [9.17, 15) is 9.90 Å². The molecule has 2 aromatic heterocycles. The summed E-state index contributed by atoms with van der Waals surface area (Å²) in [6, 6.07) is 12.6. The minimum Gasteiger partial charge on any atom is -0.497 e. The summed E-state index contributed by atoms with van der Waals surface area (Å²) in [6.07, 6.45) is 4.63. The largest absolute Gasteiger partial charge is 0.497 e. The number of anilines is 2. The fraction of sp³-hybridized carbons (Fsp3) is 0.412. The molecule has 8 heteroatoms. The molecular weight excluding hydrogens is 526 g/mol. The van der Waals surface area contributed by atoms with Crippen molar-refractivity contribution < 1.29 is 14.6 Å². The van der Waals surface area contributed by atoms with Crippen LogP contribution in [0.25, 0.3) is 22.0 Å². The molecule has 4 heterocycles. The van der Waals surface area contributed by atoms with Crippen LogP contribution in [0, 0.1) is 19.3 Å². The predicted molar refractivity (Wildman–Crippen MR) is 167 cm³/mol. The van der Waals surface area contributed by atoms with Gasteiger partial charge in [0.15, 0.2) is 0 Å². The molecule has 0 radical (unpaired) electrons. The molecule has 8 nitrogen and oxygen atoms in total. The van der Waals surface area contributed by atoms with Crippen LogP contribution < -0.4 is 14.5 Å². The standard InChI is InChI=1S/C34H39N5O3/c1-21-27(18-30(40)41)32(38-14-11-34(3,4)12-15-38)31(22(2)37-21)24-6-7-25-19-39(13-10-23(25)16-24)33-28-17-26(42-5)8-9-29(28)35-20-36-33/h6-9,16-17,20H,10-15,18-19H2,1-5H3,(H,40,41). The highest BCUT2D eigenvalue weighted by atomic mass is 16.5. The van der Waals surface area contributed by atoms with Crippen LogP contribution in [0.2, 0.25) is 0 Å². The molecule has 4 aromatic rings. The average molecular weight is 566 g/mol. The molecule has 0 atom stereocenters. The Hall–Kier alpha value is -4.20. The topological polar surface area (TPSA) is 91.7 Å². The number of fused-ring (bicyclic) bond motifs is 2. The third-order valence-corrected chi connectivity index (χ3v) is 9.05. The molecule has 0 spiro atoms. The highest BCUT2D eigenvalue weighted by molar-refractivity contribution is 5.91. The zero-order valence-electron chi connectivity index (χ0n) is 25.2. The highest BCUT2D eigenvalue weighted by Gasteiger charge is 2.31. The number of pyridine rings is 1. The summed E-state index contributed by atoms with van der Waals surface area (Å²) in [5, 5.41) is 10.8. The van der Waals surface area contributed by atoms with E-state index in [0.717, 1.165) is 102 Å². The van der Waals surface area contributed by atoms with Gasteiger partial charge in [0.2, 0.25) is 0 Å². The van der Waals surface area contributed by atoms with Gasteiger partial charge in [-0.3, -0.25) is 9.78 Å². The first-order valence-electron chi connectivity index (χ1n) is 14.8. The quantitative estimate of drug-likeness (QED) is 0.298. The number of benzene rings is 2. The van der Waals surface area contributed by atoms with E-state index >= 15 is 0 Å². The first-order valence-corrected chi connectivity index (χ1v) is 14.8. The fourth-order valence-electron chi connectivity index (χ4n) is 6.55. The van der Waals surface area contributed by atoms with Gasteiger partial charge >= 0.3 is 5.97 Å². The van der Waals surface area contributed by atoms with Crippen LogP contribution in [0.5, 0.6) is 5.75 Å². The number of rotatable bonds is 6. The van der Waals surface area contributed by atoms with E-state index in [1.807, 2.05) is 25.1 Å². The highest BCUT2D eigenvalue weighted by Crippen LogP contribution is 2.42. The van der Waals surface area contributed by atoms with E-state index in [1.54, 1.807) is 13.4 Å². The molecule has 2 aromatic carbocycles. The Morgan fingerprint density at radius 2 is 1.76 bits per heavy atom. The number of aryl methyl sites for hydroxylation is 2. The van der Waals surface area contributed by atoms with Crippen LogP contribution in [-0.2, 0) is 24.2 Å². The molecular formula is C34H39N5O3. The number of hydrogen-bond donors (Lipinski definition) is 1. The number of ether oxygens (including phenoxy) is 1. The summed E-state index contributed by atoms with van der Waals surface area (Å²) in [7, 11) is 1.67. The average Bonchev–Trinajstić information content (AvgIpc) is 2.97. The van der Waals surface area contributed by atoms with Crippen molar-refractivity contribution in [3.63, 3.8) is 0 Å². The van der Waals surface area contributed by atoms with Gasteiger partial charge in [0.05, 0.1) is 24.7 Å². The SMILES string of the molecule is COc1ccc2ncnc(N3CCc4cc(-c5c(C)nc(C)c(CC(=O)O)c5N5CCC(C)(C)CC5)ccc4C3)c2c1. The molecule has 218 valence electrons. The summed E-state index contributed by atoms with van der Waals surface area (Å²) < 4.78 is 5.47. The van der Waals surface area contributed by atoms with Crippen molar-refractivity contribution in [3.8, 4) is 16.9 Å². The molecule has 1 N–H and O–H groups in total. The molecule has 2 aliphatic heterocycles. The van der Waals surface area contributed by atoms with E-state index in [-0.39, 0.29) is 6.42 Å². The summed E-state index contributed by atoms with van der Waals surface area (Å²) in [5.74, 6) is 0.882. The van der Waals surface area contributed by atoms with Crippen molar-refractivity contribution in [3.05, 3.63) is 70.8 Å². The zero-order chi connectivity index (χ0) is 29.6. The number of carbonyl (C=O) groups is 1. The Kier molecular flexibility index (Phi) is 7.25. The molecule has 0 aliphatic carbocycles. The molecule has 6 rings (SSSR count). The molecule has 2 aliphatic rings. The lowest BCUT2D eigenvalue weighted by Crippen LogP contribution is -2.38. The molecule has 1 saturated heterocycles. The lowest BCUT2D eigenvalue weighted by Gasteiger charge is -2.40. The molecule has 0 bridgehead atoms. The molecule has 0 amide bonds. The lowest BCUT2D eigenvalue weighted by atomic mass is 9.82. The number of aliphatic carboxylic acids is 1. The van der Waals surface area contributed by atoms with E-state index in [2.05, 4.69) is 58.7 Å². The Labute approximate surface area is 247 Å². The van der Waals surface area contributed by atoms with Gasteiger partial charge in [-0.05, 0) is 73.4 Å². The Morgan fingerprint density at radius 1 is 0.976 bits per heavy atom. The Balaban J connectivity index is 1.38. The lowest BCUT2D eigenvalue weighted by molar-refractivity contribution is -0.136. The normalized spacial score (nSPS) is 16.4. The molecule has 0 saturated carbocycles. The van der Waals surface area contributed by atoms with Gasteiger partial charge in [0.1, 0.15) is 17.9 Å². The summed E-state index contributed by atoms with van der Waals surface area (Å²) in [4.78, 5) is 30.7. The summed E-state index contributed by atoms with van der Waals surface area (Å²) in [6.45, 7) is 12.0. The van der Waals surface area contributed by atoms with Crippen LogP contribution >= 0.6 is 0 Å². The van der Waals surface area contributed by atoms with Gasteiger partial charge in [0, 0.05) is 54.1 Å². The van der Waals surface area contributed by atoms with Crippen LogP contribution in [0.3, 0.4) is 0 Å². The van der Waals surface area contributed by atoms with Crippen molar-refractivity contribution in [2.24, 2.45) is 5.41 Å². The fourth-order valence-corrected chi connectivity index (χ4v) is 6.55. The van der Waals surface area contributed by atoms with Gasteiger partial charge in [-0.1, -0.05) is 32.0 Å². The maximum Gasteiger partial charge on any atom is 0.307 e.